The Balaban J connectivity index is 1.84. The summed E-state index contributed by atoms with van der Waals surface area (Å²) in [6.45, 7) is 7.18. The Kier molecular flexibility index (Phi) is 5.92. The van der Waals surface area contributed by atoms with E-state index in [4.69, 9.17) is 16.3 Å². The molecule has 0 aliphatic carbocycles. The highest BCUT2D eigenvalue weighted by atomic mass is 35.5. The molecule has 1 atom stereocenters. The smallest absolute Gasteiger partial charge is 0.410 e. The molecule has 1 aromatic rings. The van der Waals surface area contributed by atoms with E-state index in [9.17, 15) is 4.79 Å². The van der Waals surface area contributed by atoms with Crippen LogP contribution in [0.3, 0.4) is 0 Å². The second-order valence-corrected chi connectivity index (χ2v) is 7.85. The van der Waals surface area contributed by atoms with Crippen molar-refractivity contribution in [3.8, 4) is 0 Å². The van der Waals surface area contributed by atoms with Crippen LogP contribution < -0.4 is 0 Å². The number of rotatable bonds is 3. The Labute approximate surface area is 140 Å². The molecule has 1 saturated heterocycles. The van der Waals surface area contributed by atoms with E-state index in [1.54, 1.807) is 17.8 Å². The zero-order valence-electron chi connectivity index (χ0n) is 13.2. The Morgan fingerprint density at radius 3 is 2.95 bits per heavy atom. The normalized spacial score (nSPS) is 19.1. The second kappa shape index (κ2) is 7.51. The molecule has 1 aliphatic rings. The third-order valence-electron chi connectivity index (χ3n) is 3.25. The molecule has 122 valence electrons. The molecule has 1 aromatic heterocycles. The van der Waals surface area contributed by atoms with E-state index in [1.807, 2.05) is 25.7 Å². The predicted octanol–water partition coefficient (Wildman–Crippen LogP) is 3.87. The van der Waals surface area contributed by atoms with Gasteiger partial charge in [-0.15, -0.1) is 11.8 Å². The Hall–Kier alpha value is -1.01. The zero-order valence-corrected chi connectivity index (χ0v) is 14.8. The topological polar surface area (TPSA) is 55.3 Å². The highest BCUT2D eigenvalue weighted by molar-refractivity contribution is 7.99. The molecular weight excluding hydrogens is 322 g/mol. The number of piperidine rings is 1. The average molecular weight is 344 g/mol. The van der Waals surface area contributed by atoms with Crippen molar-refractivity contribution in [2.24, 2.45) is 5.92 Å². The molecule has 7 heteroatoms. The van der Waals surface area contributed by atoms with Gasteiger partial charge in [-0.1, -0.05) is 11.6 Å². The number of likely N-dealkylation sites (tertiary alicyclic amines) is 1. The predicted molar refractivity (Wildman–Crippen MR) is 88.3 cm³/mol. The molecule has 2 heterocycles. The lowest BCUT2D eigenvalue weighted by Crippen LogP contribution is -2.43. The van der Waals surface area contributed by atoms with Gasteiger partial charge in [0.1, 0.15) is 22.1 Å². The van der Waals surface area contributed by atoms with Crippen molar-refractivity contribution in [1.29, 1.82) is 0 Å². The van der Waals surface area contributed by atoms with Gasteiger partial charge in [0, 0.05) is 24.9 Å². The molecule has 2 rings (SSSR count). The summed E-state index contributed by atoms with van der Waals surface area (Å²) in [7, 11) is 0. The highest BCUT2D eigenvalue weighted by Crippen LogP contribution is 2.26. The number of hydrogen-bond donors (Lipinski definition) is 0. The van der Waals surface area contributed by atoms with Crippen LogP contribution in [0.4, 0.5) is 4.79 Å². The maximum Gasteiger partial charge on any atom is 0.410 e. The lowest BCUT2D eigenvalue weighted by atomic mass is 10.0. The van der Waals surface area contributed by atoms with Crippen molar-refractivity contribution in [3.05, 3.63) is 17.5 Å². The Bertz CT molecular complexity index is 522. The standard InChI is InChI=1S/C15H22ClN3O2S/c1-15(2,3)21-14(20)19-6-4-5-11(8-19)9-22-13-7-12(16)17-10-18-13/h7,10-11H,4-6,8-9H2,1-3H3/t11-/m0/s1. The van der Waals surface area contributed by atoms with Gasteiger partial charge in [0.05, 0.1) is 0 Å². The summed E-state index contributed by atoms with van der Waals surface area (Å²) in [5, 5.41) is 1.32. The number of ether oxygens (including phenoxy) is 1. The molecule has 0 aromatic carbocycles. The Morgan fingerprint density at radius 1 is 1.50 bits per heavy atom. The van der Waals surface area contributed by atoms with E-state index < -0.39 is 5.60 Å². The van der Waals surface area contributed by atoms with E-state index in [1.165, 1.54) is 6.33 Å². The number of nitrogens with zero attached hydrogens (tertiary/aromatic N) is 3. The van der Waals surface area contributed by atoms with Gasteiger partial charge >= 0.3 is 6.09 Å². The van der Waals surface area contributed by atoms with Crippen molar-refractivity contribution >= 4 is 29.5 Å². The van der Waals surface area contributed by atoms with E-state index in [2.05, 4.69) is 9.97 Å². The summed E-state index contributed by atoms with van der Waals surface area (Å²) in [4.78, 5) is 22.0. The number of halogens is 1. The Morgan fingerprint density at radius 2 is 2.27 bits per heavy atom. The maximum atomic E-state index is 12.1. The summed E-state index contributed by atoms with van der Waals surface area (Å²) in [6, 6.07) is 1.76. The first-order valence-corrected chi connectivity index (χ1v) is 8.78. The van der Waals surface area contributed by atoms with Crippen molar-refractivity contribution in [1.82, 2.24) is 14.9 Å². The van der Waals surface area contributed by atoms with Crippen molar-refractivity contribution in [2.75, 3.05) is 18.8 Å². The van der Waals surface area contributed by atoms with Gasteiger partial charge in [0.15, 0.2) is 0 Å². The average Bonchev–Trinajstić information content (AvgIpc) is 2.44. The summed E-state index contributed by atoms with van der Waals surface area (Å²) >= 11 is 7.51. The van der Waals surface area contributed by atoms with Gasteiger partial charge in [0.2, 0.25) is 0 Å². The van der Waals surface area contributed by atoms with E-state index in [-0.39, 0.29) is 6.09 Å². The SMILES string of the molecule is CC(C)(C)OC(=O)N1CCC[C@H](CSc2cc(Cl)ncn2)C1. The van der Waals surface area contributed by atoms with Crippen LogP contribution >= 0.6 is 23.4 Å². The second-order valence-electron chi connectivity index (χ2n) is 6.42. The fourth-order valence-corrected chi connectivity index (χ4v) is 3.50. The lowest BCUT2D eigenvalue weighted by molar-refractivity contribution is 0.0177. The quantitative estimate of drug-likeness (QED) is 0.616. The van der Waals surface area contributed by atoms with Crippen molar-refractivity contribution in [3.63, 3.8) is 0 Å². The summed E-state index contributed by atoms with van der Waals surface area (Å²) in [6.07, 6.45) is 3.38. The molecule has 0 radical (unpaired) electrons. The molecule has 0 spiro atoms. The minimum absolute atomic E-state index is 0.215. The summed E-state index contributed by atoms with van der Waals surface area (Å²) in [5.41, 5.74) is -0.448. The minimum atomic E-state index is -0.448. The van der Waals surface area contributed by atoms with Crippen LogP contribution in [0.15, 0.2) is 17.4 Å². The number of thioether (sulfide) groups is 1. The fraction of sp³-hybridized carbons (Fsp3) is 0.667. The van der Waals surface area contributed by atoms with Gasteiger partial charge < -0.3 is 9.64 Å². The lowest BCUT2D eigenvalue weighted by Gasteiger charge is -2.34. The monoisotopic (exact) mass is 343 g/mol. The first-order valence-electron chi connectivity index (χ1n) is 7.42. The van der Waals surface area contributed by atoms with Gasteiger partial charge in [-0.25, -0.2) is 14.8 Å². The maximum absolute atomic E-state index is 12.1. The fourth-order valence-electron chi connectivity index (χ4n) is 2.29. The van der Waals surface area contributed by atoms with E-state index in [0.717, 1.165) is 36.7 Å². The molecule has 0 unspecified atom stereocenters. The molecule has 5 nitrogen and oxygen atoms in total. The van der Waals surface area contributed by atoms with Gasteiger partial charge in [-0.3, -0.25) is 0 Å². The summed E-state index contributed by atoms with van der Waals surface area (Å²) < 4.78 is 5.45. The van der Waals surface area contributed by atoms with E-state index in [0.29, 0.717) is 11.1 Å². The third-order valence-corrected chi connectivity index (χ3v) is 4.61. The zero-order chi connectivity index (χ0) is 16.2. The molecule has 1 amide bonds. The van der Waals surface area contributed by atoms with E-state index >= 15 is 0 Å². The van der Waals surface area contributed by atoms with Crippen LogP contribution in [0.5, 0.6) is 0 Å². The largest absolute Gasteiger partial charge is 0.444 e. The summed E-state index contributed by atoms with van der Waals surface area (Å²) in [5.74, 6) is 1.35. The number of hydrogen-bond acceptors (Lipinski definition) is 5. The number of carbonyl (C=O) groups excluding carboxylic acids is 1. The molecule has 1 aliphatic heterocycles. The first-order chi connectivity index (χ1) is 10.3. The number of carbonyl (C=O) groups is 1. The number of amides is 1. The van der Waals surface area contributed by atoms with Crippen molar-refractivity contribution < 1.29 is 9.53 Å². The molecular formula is C15H22ClN3O2S. The van der Waals surface area contributed by atoms with Crippen LogP contribution in [0.2, 0.25) is 5.15 Å². The van der Waals surface area contributed by atoms with Crippen LogP contribution in [0, 0.1) is 5.92 Å². The van der Waals surface area contributed by atoms with Crippen LogP contribution in [0.25, 0.3) is 0 Å². The van der Waals surface area contributed by atoms with Crippen molar-refractivity contribution in [2.45, 2.75) is 44.2 Å². The van der Waals surface area contributed by atoms with Crippen LogP contribution in [-0.2, 0) is 4.74 Å². The molecule has 1 fully saturated rings. The van der Waals surface area contributed by atoms with Gasteiger partial charge in [-0.05, 0) is 39.5 Å². The highest BCUT2D eigenvalue weighted by Gasteiger charge is 2.27. The minimum Gasteiger partial charge on any atom is -0.444 e. The first kappa shape index (κ1) is 17.3. The van der Waals surface area contributed by atoms with Crippen LogP contribution in [0.1, 0.15) is 33.6 Å². The molecule has 22 heavy (non-hydrogen) atoms. The third kappa shape index (κ3) is 5.65. The van der Waals surface area contributed by atoms with Crippen LogP contribution in [-0.4, -0.2) is 45.4 Å². The molecule has 0 saturated carbocycles. The number of aromatic nitrogens is 2. The van der Waals surface area contributed by atoms with Gasteiger partial charge in [0.25, 0.3) is 0 Å². The van der Waals surface area contributed by atoms with Gasteiger partial charge in [-0.2, -0.15) is 0 Å². The molecule has 0 bridgehead atoms. The molecule has 0 N–H and O–H groups in total.